The molecule has 6 heteroatoms. The van der Waals surface area contributed by atoms with Crippen LogP contribution in [0.15, 0.2) is 18.2 Å². The van der Waals surface area contributed by atoms with Crippen molar-refractivity contribution in [2.75, 3.05) is 26.1 Å². The zero-order chi connectivity index (χ0) is 14.3. The molecular formula is C13H18N2O3S. The Bertz CT molecular complexity index is 463. The number of thiocarbonyl (C=S) groups is 1. The number of ether oxygens (including phenoxy) is 2. The number of carbonyl (C=O) groups excluding carboxylic acids is 1. The quantitative estimate of drug-likeness (QED) is 0.588. The van der Waals surface area contributed by atoms with Gasteiger partial charge in [-0.3, -0.25) is 4.79 Å². The molecule has 104 valence electrons. The first-order valence-corrected chi connectivity index (χ1v) is 6.26. The summed E-state index contributed by atoms with van der Waals surface area (Å²) in [5, 5.41) is 2.78. The average Bonchev–Trinajstić information content (AvgIpc) is 2.39. The van der Waals surface area contributed by atoms with Crippen molar-refractivity contribution < 1.29 is 14.3 Å². The number of benzene rings is 1. The standard InChI is InChI=1S/C13H18N2O3S/c1-17-8-4-7-11(16)15-12-9(13(14)19)5-3-6-10(12)18-2/h3,5-6H,4,7-8H2,1-2H3,(H2,14,19)(H,15,16). The third-order valence-electron chi connectivity index (χ3n) is 2.53. The summed E-state index contributed by atoms with van der Waals surface area (Å²) in [5.74, 6) is 0.407. The fourth-order valence-electron chi connectivity index (χ4n) is 1.61. The second kappa shape index (κ2) is 7.70. The maximum atomic E-state index is 11.8. The van der Waals surface area contributed by atoms with E-state index in [2.05, 4.69) is 5.32 Å². The smallest absolute Gasteiger partial charge is 0.224 e. The van der Waals surface area contributed by atoms with Gasteiger partial charge in [0, 0.05) is 25.7 Å². The summed E-state index contributed by atoms with van der Waals surface area (Å²) < 4.78 is 10.1. The molecule has 0 saturated carbocycles. The van der Waals surface area contributed by atoms with Crippen LogP contribution in [0, 0.1) is 0 Å². The van der Waals surface area contributed by atoms with Gasteiger partial charge < -0.3 is 20.5 Å². The molecule has 0 heterocycles. The Kier molecular flexibility index (Phi) is 6.24. The molecule has 0 fully saturated rings. The van der Waals surface area contributed by atoms with Crippen LogP contribution in [0.1, 0.15) is 18.4 Å². The zero-order valence-electron chi connectivity index (χ0n) is 11.1. The lowest BCUT2D eigenvalue weighted by molar-refractivity contribution is -0.116. The Morgan fingerprint density at radius 1 is 1.42 bits per heavy atom. The Balaban J connectivity index is 2.86. The molecule has 0 aliphatic carbocycles. The SMILES string of the molecule is COCCCC(=O)Nc1c(OC)cccc1C(N)=S. The molecule has 0 radical (unpaired) electrons. The predicted octanol–water partition coefficient (Wildman–Crippen LogP) is 1.69. The van der Waals surface area contributed by atoms with Crippen LogP contribution in [0.4, 0.5) is 5.69 Å². The molecule has 0 spiro atoms. The summed E-state index contributed by atoms with van der Waals surface area (Å²) >= 11 is 4.97. The van der Waals surface area contributed by atoms with Crippen LogP contribution in [-0.2, 0) is 9.53 Å². The average molecular weight is 282 g/mol. The van der Waals surface area contributed by atoms with Gasteiger partial charge in [0.1, 0.15) is 10.7 Å². The third-order valence-corrected chi connectivity index (χ3v) is 2.75. The molecule has 0 aliphatic rings. The predicted molar refractivity (Wildman–Crippen MR) is 78.6 cm³/mol. The second-order valence-electron chi connectivity index (χ2n) is 3.89. The maximum Gasteiger partial charge on any atom is 0.224 e. The fourth-order valence-corrected chi connectivity index (χ4v) is 1.78. The molecule has 0 aliphatic heterocycles. The monoisotopic (exact) mass is 282 g/mol. The highest BCUT2D eigenvalue weighted by atomic mass is 32.1. The van der Waals surface area contributed by atoms with Crippen molar-refractivity contribution in [2.45, 2.75) is 12.8 Å². The van der Waals surface area contributed by atoms with Crippen molar-refractivity contribution in [1.82, 2.24) is 0 Å². The minimum Gasteiger partial charge on any atom is -0.495 e. The van der Waals surface area contributed by atoms with Gasteiger partial charge >= 0.3 is 0 Å². The molecule has 19 heavy (non-hydrogen) atoms. The highest BCUT2D eigenvalue weighted by Crippen LogP contribution is 2.28. The number of hydrogen-bond donors (Lipinski definition) is 2. The Hall–Kier alpha value is -1.66. The van der Waals surface area contributed by atoms with Gasteiger partial charge in [-0.1, -0.05) is 18.3 Å². The Morgan fingerprint density at radius 3 is 2.74 bits per heavy atom. The van der Waals surface area contributed by atoms with Crippen molar-refractivity contribution in [2.24, 2.45) is 5.73 Å². The van der Waals surface area contributed by atoms with E-state index in [0.29, 0.717) is 36.4 Å². The molecule has 0 aromatic heterocycles. The molecule has 0 unspecified atom stereocenters. The van der Waals surface area contributed by atoms with Crippen LogP contribution in [0.25, 0.3) is 0 Å². The molecule has 1 rings (SSSR count). The first-order valence-electron chi connectivity index (χ1n) is 5.85. The summed E-state index contributed by atoms with van der Waals surface area (Å²) in [7, 11) is 3.13. The molecule has 0 bridgehead atoms. The molecule has 1 amide bonds. The van der Waals surface area contributed by atoms with Crippen LogP contribution in [0.3, 0.4) is 0 Å². The number of nitrogens with two attached hydrogens (primary N) is 1. The number of anilines is 1. The number of para-hydroxylation sites is 1. The van der Waals surface area contributed by atoms with E-state index in [9.17, 15) is 4.79 Å². The molecule has 3 N–H and O–H groups in total. The first-order chi connectivity index (χ1) is 9.10. The van der Waals surface area contributed by atoms with Gasteiger partial charge in [0.25, 0.3) is 0 Å². The van der Waals surface area contributed by atoms with Crippen LogP contribution in [0.5, 0.6) is 5.75 Å². The van der Waals surface area contributed by atoms with E-state index in [-0.39, 0.29) is 10.9 Å². The summed E-state index contributed by atoms with van der Waals surface area (Å²) in [6.45, 7) is 0.543. The van der Waals surface area contributed by atoms with Gasteiger partial charge in [-0.25, -0.2) is 0 Å². The largest absolute Gasteiger partial charge is 0.495 e. The Morgan fingerprint density at radius 2 is 2.16 bits per heavy atom. The zero-order valence-corrected chi connectivity index (χ0v) is 11.9. The van der Waals surface area contributed by atoms with Crippen LogP contribution in [-0.4, -0.2) is 31.7 Å². The van der Waals surface area contributed by atoms with Gasteiger partial charge in [-0.2, -0.15) is 0 Å². The van der Waals surface area contributed by atoms with E-state index in [1.807, 2.05) is 0 Å². The molecule has 0 atom stereocenters. The van der Waals surface area contributed by atoms with Gasteiger partial charge in [0.15, 0.2) is 0 Å². The summed E-state index contributed by atoms with van der Waals surface area (Å²) in [6.07, 6.45) is 1.02. The lowest BCUT2D eigenvalue weighted by Crippen LogP contribution is -2.18. The second-order valence-corrected chi connectivity index (χ2v) is 4.33. The number of rotatable bonds is 7. The van der Waals surface area contributed by atoms with Crippen LogP contribution < -0.4 is 15.8 Å². The van der Waals surface area contributed by atoms with Crippen molar-refractivity contribution in [3.05, 3.63) is 23.8 Å². The molecule has 1 aromatic rings. The van der Waals surface area contributed by atoms with Crippen molar-refractivity contribution in [3.63, 3.8) is 0 Å². The van der Waals surface area contributed by atoms with Crippen LogP contribution >= 0.6 is 12.2 Å². The maximum absolute atomic E-state index is 11.8. The fraction of sp³-hybridized carbons (Fsp3) is 0.385. The third kappa shape index (κ3) is 4.50. The molecule has 0 saturated heterocycles. The lowest BCUT2D eigenvalue weighted by atomic mass is 10.1. The molecule has 5 nitrogen and oxygen atoms in total. The van der Waals surface area contributed by atoms with Crippen molar-refractivity contribution >= 4 is 28.8 Å². The number of nitrogens with one attached hydrogen (secondary N) is 1. The van der Waals surface area contributed by atoms with E-state index >= 15 is 0 Å². The lowest BCUT2D eigenvalue weighted by Gasteiger charge is -2.14. The minimum absolute atomic E-state index is 0.126. The Labute approximate surface area is 118 Å². The van der Waals surface area contributed by atoms with Crippen molar-refractivity contribution in [3.8, 4) is 5.75 Å². The topological polar surface area (TPSA) is 73.6 Å². The van der Waals surface area contributed by atoms with E-state index < -0.39 is 0 Å². The minimum atomic E-state index is -0.126. The number of methoxy groups -OCH3 is 2. The number of hydrogen-bond acceptors (Lipinski definition) is 4. The van der Waals surface area contributed by atoms with Crippen LogP contribution in [0.2, 0.25) is 0 Å². The van der Waals surface area contributed by atoms with E-state index in [1.54, 1.807) is 25.3 Å². The summed E-state index contributed by atoms with van der Waals surface area (Å²) in [5.41, 5.74) is 6.75. The van der Waals surface area contributed by atoms with Crippen molar-refractivity contribution in [1.29, 1.82) is 0 Å². The molecule has 1 aromatic carbocycles. The van der Waals surface area contributed by atoms with E-state index in [4.69, 9.17) is 27.4 Å². The van der Waals surface area contributed by atoms with E-state index in [1.165, 1.54) is 7.11 Å². The number of carbonyl (C=O) groups is 1. The van der Waals surface area contributed by atoms with E-state index in [0.717, 1.165) is 0 Å². The first kappa shape index (κ1) is 15.4. The van der Waals surface area contributed by atoms with Gasteiger partial charge in [0.05, 0.1) is 12.8 Å². The highest BCUT2D eigenvalue weighted by Gasteiger charge is 2.13. The summed E-state index contributed by atoms with van der Waals surface area (Å²) in [4.78, 5) is 12.0. The van der Waals surface area contributed by atoms with Gasteiger partial charge in [0.2, 0.25) is 5.91 Å². The van der Waals surface area contributed by atoms with Gasteiger partial charge in [-0.05, 0) is 18.6 Å². The van der Waals surface area contributed by atoms with Gasteiger partial charge in [-0.15, -0.1) is 0 Å². The molecular weight excluding hydrogens is 264 g/mol. The normalized spacial score (nSPS) is 10.0. The summed E-state index contributed by atoms with van der Waals surface area (Å²) in [6, 6.07) is 5.26. The number of amides is 1. The highest BCUT2D eigenvalue weighted by molar-refractivity contribution is 7.80.